The summed E-state index contributed by atoms with van der Waals surface area (Å²) in [4.78, 5) is 14.4. The number of carbonyl (C=O) groups excluding carboxylic acids is 1. The Labute approximate surface area is 117 Å². The van der Waals surface area contributed by atoms with Crippen molar-refractivity contribution in [1.29, 1.82) is 0 Å². The maximum Gasteiger partial charge on any atom is 0.243 e. The zero-order valence-electron chi connectivity index (χ0n) is 13.5. The van der Waals surface area contributed by atoms with Crippen LogP contribution in [0.25, 0.3) is 0 Å². The number of nitrogens with zero attached hydrogens (tertiary/aromatic N) is 1. The lowest BCUT2D eigenvalue weighted by atomic mass is 9.54. The molecule has 19 heavy (non-hydrogen) atoms. The van der Waals surface area contributed by atoms with E-state index in [1.807, 2.05) is 27.8 Å². The van der Waals surface area contributed by atoms with Crippen LogP contribution in [0.5, 0.6) is 0 Å². The normalized spacial score (nSPS) is 29.8. The molecule has 1 fully saturated rings. The Kier molecular flexibility index (Phi) is 4.38. The fourth-order valence-corrected chi connectivity index (χ4v) is 2.92. The Hall–Kier alpha value is -0.610. The largest absolute Gasteiger partial charge is 0.378 e. The highest BCUT2D eigenvalue weighted by molar-refractivity contribution is 5.88. The SMILES string of the molecule is CCOC1CC(N)(C(=O)N(C)CC(C)(C)C)C1(C)C. The van der Waals surface area contributed by atoms with Crippen molar-refractivity contribution >= 4 is 5.91 Å². The first-order chi connectivity index (χ1) is 8.45. The van der Waals surface area contributed by atoms with E-state index in [0.717, 1.165) is 0 Å². The summed E-state index contributed by atoms with van der Waals surface area (Å²) in [5.41, 5.74) is 5.36. The zero-order valence-corrected chi connectivity index (χ0v) is 13.5. The highest BCUT2D eigenvalue weighted by Crippen LogP contribution is 2.50. The van der Waals surface area contributed by atoms with Crippen LogP contribution < -0.4 is 5.73 Å². The number of rotatable bonds is 4. The maximum absolute atomic E-state index is 12.6. The molecule has 0 aromatic heterocycles. The van der Waals surface area contributed by atoms with Gasteiger partial charge in [-0.15, -0.1) is 0 Å². The van der Waals surface area contributed by atoms with Crippen molar-refractivity contribution in [2.24, 2.45) is 16.6 Å². The summed E-state index contributed by atoms with van der Waals surface area (Å²) >= 11 is 0. The van der Waals surface area contributed by atoms with Crippen molar-refractivity contribution in [2.45, 2.75) is 59.6 Å². The number of hydrogen-bond acceptors (Lipinski definition) is 3. The molecule has 1 aliphatic carbocycles. The minimum atomic E-state index is -0.799. The van der Waals surface area contributed by atoms with Crippen LogP contribution in [0.4, 0.5) is 0 Å². The molecule has 2 atom stereocenters. The van der Waals surface area contributed by atoms with Gasteiger partial charge in [-0.1, -0.05) is 34.6 Å². The van der Waals surface area contributed by atoms with Crippen molar-refractivity contribution in [3.05, 3.63) is 0 Å². The summed E-state index contributed by atoms with van der Waals surface area (Å²) in [7, 11) is 1.84. The molecule has 0 spiro atoms. The average Bonchev–Trinajstić information content (AvgIpc) is 2.25. The van der Waals surface area contributed by atoms with Crippen LogP contribution in [-0.4, -0.2) is 42.6 Å². The first-order valence-corrected chi connectivity index (χ1v) is 7.12. The molecule has 1 amide bonds. The van der Waals surface area contributed by atoms with Gasteiger partial charge in [0, 0.05) is 32.0 Å². The third kappa shape index (κ3) is 2.95. The number of likely N-dealkylation sites (N-methyl/N-ethyl adjacent to an activating group) is 1. The summed E-state index contributed by atoms with van der Waals surface area (Å²) in [5.74, 6) is 0.0309. The third-order valence-electron chi connectivity index (χ3n) is 4.27. The molecule has 4 heteroatoms. The molecule has 4 nitrogen and oxygen atoms in total. The van der Waals surface area contributed by atoms with Crippen molar-refractivity contribution in [3.8, 4) is 0 Å². The highest BCUT2D eigenvalue weighted by atomic mass is 16.5. The summed E-state index contributed by atoms with van der Waals surface area (Å²) in [5, 5.41) is 0. The van der Waals surface area contributed by atoms with Gasteiger partial charge in [0.15, 0.2) is 0 Å². The second-order valence-corrected chi connectivity index (χ2v) is 7.56. The first-order valence-electron chi connectivity index (χ1n) is 7.12. The molecule has 0 radical (unpaired) electrons. The van der Waals surface area contributed by atoms with Crippen molar-refractivity contribution < 1.29 is 9.53 Å². The number of ether oxygens (including phenoxy) is 1. The van der Waals surface area contributed by atoms with Gasteiger partial charge in [-0.2, -0.15) is 0 Å². The minimum absolute atomic E-state index is 0.0309. The smallest absolute Gasteiger partial charge is 0.243 e. The summed E-state index contributed by atoms with van der Waals surface area (Å²) < 4.78 is 5.67. The lowest BCUT2D eigenvalue weighted by Gasteiger charge is -2.58. The second kappa shape index (κ2) is 5.06. The number of hydrogen-bond donors (Lipinski definition) is 1. The fraction of sp³-hybridized carbons (Fsp3) is 0.933. The van der Waals surface area contributed by atoms with E-state index < -0.39 is 5.54 Å². The molecule has 0 saturated heterocycles. The number of nitrogens with two attached hydrogens (primary N) is 1. The van der Waals surface area contributed by atoms with E-state index in [4.69, 9.17) is 10.5 Å². The Morgan fingerprint density at radius 1 is 1.42 bits per heavy atom. The molecule has 0 aromatic carbocycles. The first kappa shape index (κ1) is 16.4. The monoisotopic (exact) mass is 270 g/mol. The minimum Gasteiger partial charge on any atom is -0.378 e. The van der Waals surface area contributed by atoms with Gasteiger partial charge in [-0.25, -0.2) is 0 Å². The van der Waals surface area contributed by atoms with Crippen molar-refractivity contribution in [2.75, 3.05) is 20.2 Å². The molecule has 0 bridgehead atoms. The van der Waals surface area contributed by atoms with Crippen LogP contribution in [0, 0.1) is 10.8 Å². The molecule has 2 N–H and O–H groups in total. The summed E-state index contributed by atoms with van der Waals surface area (Å²) in [6.45, 7) is 13.8. The molecule has 0 aliphatic heterocycles. The van der Waals surface area contributed by atoms with Crippen LogP contribution in [0.2, 0.25) is 0 Å². The van der Waals surface area contributed by atoms with E-state index >= 15 is 0 Å². The van der Waals surface area contributed by atoms with Gasteiger partial charge < -0.3 is 15.4 Å². The predicted molar refractivity (Wildman–Crippen MR) is 77.8 cm³/mol. The molecule has 112 valence electrons. The van der Waals surface area contributed by atoms with Gasteiger partial charge in [-0.3, -0.25) is 4.79 Å². The average molecular weight is 270 g/mol. The zero-order chi connectivity index (χ0) is 15.1. The molecule has 1 rings (SSSR count). The van der Waals surface area contributed by atoms with E-state index in [1.165, 1.54) is 0 Å². The van der Waals surface area contributed by atoms with Crippen LogP contribution in [-0.2, 0) is 9.53 Å². The van der Waals surface area contributed by atoms with Crippen molar-refractivity contribution in [3.63, 3.8) is 0 Å². The van der Waals surface area contributed by atoms with Gasteiger partial charge in [-0.05, 0) is 12.3 Å². The van der Waals surface area contributed by atoms with Gasteiger partial charge in [0.25, 0.3) is 0 Å². The fourth-order valence-electron chi connectivity index (χ4n) is 2.92. The maximum atomic E-state index is 12.6. The lowest BCUT2D eigenvalue weighted by molar-refractivity contribution is -0.179. The quantitative estimate of drug-likeness (QED) is 0.850. The highest BCUT2D eigenvalue weighted by Gasteiger charge is 2.63. The molecular weight excluding hydrogens is 240 g/mol. The van der Waals surface area contributed by atoms with Gasteiger partial charge in [0.1, 0.15) is 5.54 Å². The Bertz CT molecular complexity index is 347. The molecular formula is C15H30N2O2. The Morgan fingerprint density at radius 2 is 1.95 bits per heavy atom. The van der Waals surface area contributed by atoms with E-state index in [0.29, 0.717) is 19.6 Å². The topological polar surface area (TPSA) is 55.6 Å². The van der Waals surface area contributed by atoms with Crippen LogP contribution >= 0.6 is 0 Å². The van der Waals surface area contributed by atoms with E-state index in [2.05, 4.69) is 20.8 Å². The Balaban J connectivity index is 2.78. The van der Waals surface area contributed by atoms with Gasteiger partial charge in [0.2, 0.25) is 5.91 Å². The third-order valence-corrected chi connectivity index (χ3v) is 4.27. The molecule has 0 heterocycles. The van der Waals surface area contributed by atoms with Crippen LogP contribution in [0.1, 0.15) is 48.0 Å². The van der Waals surface area contributed by atoms with E-state index in [-0.39, 0.29) is 22.8 Å². The predicted octanol–water partition coefficient (Wildman–Crippen LogP) is 2.02. The summed E-state index contributed by atoms with van der Waals surface area (Å²) in [6, 6.07) is 0. The van der Waals surface area contributed by atoms with Crippen LogP contribution in [0.15, 0.2) is 0 Å². The Morgan fingerprint density at radius 3 is 2.32 bits per heavy atom. The molecule has 1 saturated carbocycles. The lowest BCUT2D eigenvalue weighted by Crippen LogP contribution is -2.76. The molecule has 1 aliphatic rings. The van der Waals surface area contributed by atoms with Gasteiger partial charge in [0.05, 0.1) is 6.10 Å². The van der Waals surface area contributed by atoms with Crippen molar-refractivity contribution in [1.82, 2.24) is 4.90 Å². The van der Waals surface area contributed by atoms with E-state index in [9.17, 15) is 4.79 Å². The van der Waals surface area contributed by atoms with E-state index in [1.54, 1.807) is 4.90 Å². The number of amides is 1. The van der Waals surface area contributed by atoms with Gasteiger partial charge >= 0.3 is 0 Å². The molecule has 2 unspecified atom stereocenters. The summed E-state index contributed by atoms with van der Waals surface area (Å²) in [6.07, 6.45) is 0.690. The second-order valence-electron chi connectivity index (χ2n) is 7.56. The number of carbonyl (C=O) groups is 1. The van der Waals surface area contributed by atoms with Crippen LogP contribution in [0.3, 0.4) is 0 Å². The molecule has 0 aromatic rings. The standard InChI is InChI=1S/C15H30N2O2/c1-8-19-11-9-15(16,14(11,5)6)12(18)17(7)10-13(2,3)4/h11H,8-10,16H2,1-7H3.